The van der Waals surface area contributed by atoms with E-state index in [1.807, 2.05) is 37.3 Å². The zero-order valence-corrected chi connectivity index (χ0v) is 12.8. The van der Waals surface area contributed by atoms with E-state index in [-0.39, 0.29) is 18.5 Å². The number of carbonyl (C=O) groups is 1. The molecule has 5 nitrogen and oxygen atoms in total. The van der Waals surface area contributed by atoms with Crippen molar-refractivity contribution in [3.05, 3.63) is 36.2 Å². The van der Waals surface area contributed by atoms with Gasteiger partial charge in [-0.1, -0.05) is 44.2 Å². The van der Waals surface area contributed by atoms with Crippen LogP contribution in [0.1, 0.15) is 32.5 Å². The van der Waals surface area contributed by atoms with Gasteiger partial charge in [-0.15, -0.1) is 0 Å². The van der Waals surface area contributed by atoms with E-state index >= 15 is 0 Å². The van der Waals surface area contributed by atoms with Crippen LogP contribution in [0.3, 0.4) is 0 Å². The molecule has 0 aliphatic rings. The molecule has 0 saturated carbocycles. The molecule has 0 saturated heterocycles. The topological polar surface area (TPSA) is 59.8 Å². The van der Waals surface area contributed by atoms with Gasteiger partial charge in [-0.25, -0.2) is 9.67 Å². The molecule has 0 aliphatic carbocycles. The van der Waals surface area contributed by atoms with Gasteiger partial charge in [0.1, 0.15) is 12.4 Å². The quantitative estimate of drug-likeness (QED) is 0.887. The first-order valence-corrected chi connectivity index (χ1v) is 7.40. The fraction of sp³-hybridized carbons (Fsp3) is 0.438. The molecule has 5 heteroatoms. The molecule has 2 aromatic rings. The molecule has 0 spiro atoms. The molecule has 1 aromatic heterocycles. The van der Waals surface area contributed by atoms with Crippen LogP contribution in [0, 0.1) is 6.92 Å². The largest absolute Gasteiger partial charge is 0.352 e. The molecule has 1 aromatic carbocycles. The number of aryl methyl sites for hydroxylation is 1. The fourth-order valence-corrected chi connectivity index (χ4v) is 2.27. The zero-order valence-electron chi connectivity index (χ0n) is 12.8. The second kappa shape index (κ2) is 7.02. The number of amides is 1. The Hall–Kier alpha value is -2.17. The molecule has 0 bridgehead atoms. The molecular formula is C16H22N4O. The number of rotatable bonds is 6. The molecule has 0 aliphatic heterocycles. The Morgan fingerprint density at radius 3 is 2.52 bits per heavy atom. The van der Waals surface area contributed by atoms with Crippen LogP contribution in [0.15, 0.2) is 30.3 Å². The Balaban J connectivity index is 2.16. The fourth-order valence-electron chi connectivity index (χ4n) is 2.27. The predicted molar refractivity (Wildman–Crippen MR) is 82.7 cm³/mol. The van der Waals surface area contributed by atoms with Gasteiger partial charge in [0, 0.05) is 11.6 Å². The molecule has 0 atom stereocenters. The Bertz CT molecular complexity index is 588. The second-order valence-corrected chi connectivity index (χ2v) is 5.09. The summed E-state index contributed by atoms with van der Waals surface area (Å²) >= 11 is 0. The zero-order chi connectivity index (χ0) is 15.2. The summed E-state index contributed by atoms with van der Waals surface area (Å²) in [6.45, 7) is 6.18. The standard InChI is InChI=1S/C16H22N4O/c1-4-14(5-2)18-15(21)11-20-16(17-12(3)19-20)13-9-7-6-8-10-13/h6-10,14H,4-5,11H2,1-3H3,(H,18,21). The first-order valence-electron chi connectivity index (χ1n) is 7.40. The highest BCUT2D eigenvalue weighted by atomic mass is 16.2. The minimum atomic E-state index is -0.0224. The minimum absolute atomic E-state index is 0.0224. The van der Waals surface area contributed by atoms with Gasteiger partial charge in [-0.3, -0.25) is 4.79 Å². The number of benzene rings is 1. The van der Waals surface area contributed by atoms with Crippen LogP contribution in [0.5, 0.6) is 0 Å². The van der Waals surface area contributed by atoms with Crippen LogP contribution >= 0.6 is 0 Å². The number of hydrogen-bond donors (Lipinski definition) is 1. The SMILES string of the molecule is CCC(CC)NC(=O)Cn1nc(C)nc1-c1ccccc1. The van der Waals surface area contributed by atoms with Gasteiger partial charge in [0.15, 0.2) is 5.82 Å². The molecular weight excluding hydrogens is 264 g/mol. The molecule has 1 amide bonds. The Kier molecular flexibility index (Phi) is 5.09. The summed E-state index contributed by atoms with van der Waals surface area (Å²) in [5.74, 6) is 1.38. The smallest absolute Gasteiger partial charge is 0.242 e. The summed E-state index contributed by atoms with van der Waals surface area (Å²) in [6, 6.07) is 10.0. The summed E-state index contributed by atoms with van der Waals surface area (Å²) in [6.07, 6.45) is 1.87. The first-order chi connectivity index (χ1) is 10.1. The van der Waals surface area contributed by atoms with Gasteiger partial charge in [0.05, 0.1) is 0 Å². The lowest BCUT2D eigenvalue weighted by atomic mass is 10.2. The predicted octanol–water partition coefficient (Wildman–Crippen LogP) is 2.56. The maximum Gasteiger partial charge on any atom is 0.242 e. The summed E-state index contributed by atoms with van der Waals surface area (Å²) in [7, 11) is 0. The monoisotopic (exact) mass is 286 g/mol. The van der Waals surface area contributed by atoms with Gasteiger partial charge >= 0.3 is 0 Å². The average molecular weight is 286 g/mol. The van der Waals surface area contributed by atoms with Crippen molar-refractivity contribution in [2.75, 3.05) is 0 Å². The van der Waals surface area contributed by atoms with Gasteiger partial charge in [0.25, 0.3) is 0 Å². The van der Waals surface area contributed by atoms with E-state index in [4.69, 9.17) is 0 Å². The number of aromatic nitrogens is 3. The van der Waals surface area contributed by atoms with Crippen LogP contribution in [0.2, 0.25) is 0 Å². The third kappa shape index (κ3) is 3.90. The van der Waals surface area contributed by atoms with E-state index in [1.54, 1.807) is 4.68 Å². The molecule has 112 valence electrons. The first kappa shape index (κ1) is 15.2. The van der Waals surface area contributed by atoms with Gasteiger partial charge in [0.2, 0.25) is 5.91 Å². The Morgan fingerprint density at radius 1 is 1.24 bits per heavy atom. The highest BCUT2D eigenvalue weighted by molar-refractivity contribution is 5.76. The number of nitrogens with one attached hydrogen (secondary N) is 1. The Labute approximate surface area is 125 Å². The molecule has 2 rings (SSSR count). The summed E-state index contributed by atoms with van der Waals surface area (Å²) in [4.78, 5) is 16.6. The van der Waals surface area contributed by atoms with Crippen molar-refractivity contribution in [1.29, 1.82) is 0 Å². The number of hydrogen-bond acceptors (Lipinski definition) is 3. The maximum atomic E-state index is 12.1. The number of carbonyl (C=O) groups excluding carboxylic acids is 1. The highest BCUT2D eigenvalue weighted by Crippen LogP contribution is 2.16. The summed E-state index contributed by atoms with van der Waals surface area (Å²) in [5.41, 5.74) is 0.966. The highest BCUT2D eigenvalue weighted by Gasteiger charge is 2.14. The van der Waals surface area contributed by atoms with E-state index in [0.717, 1.165) is 24.2 Å². The minimum Gasteiger partial charge on any atom is -0.352 e. The van der Waals surface area contributed by atoms with Crippen LogP contribution in [0.25, 0.3) is 11.4 Å². The van der Waals surface area contributed by atoms with Crippen molar-refractivity contribution >= 4 is 5.91 Å². The molecule has 0 unspecified atom stereocenters. The lowest BCUT2D eigenvalue weighted by molar-refractivity contribution is -0.122. The number of nitrogens with zero attached hydrogens (tertiary/aromatic N) is 3. The summed E-state index contributed by atoms with van der Waals surface area (Å²) in [5, 5.41) is 7.36. The van der Waals surface area contributed by atoms with Crippen LogP contribution < -0.4 is 5.32 Å². The summed E-state index contributed by atoms with van der Waals surface area (Å²) < 4.78 is 1.67. The average Bonchev–Trinajstić information content (AvgIpc) is 2.86. The van der Waals surface area contributed by atoms with E-state index < -0.39 is 0 Å². The van der Waals surface area contributed by atoms with Crippen molar-refractivity contribution in [3.8, 4) is 11.4 Å². The lowest BCUT2D eigenvalue weighted by Gasteiger charge is -2.15. The van der Waals surface area contributed by atoms with Crippen molar-refractivity contribution in [2.45, 2.75) is 46.2 Å². The molecule has 1 heterocycles. The van der Waals surface area contributed by atoms with Gasteiger partial charge in [-0.05, 0) is 19.8 Å². The van der Waals surface area contributed by atoms with Crippen molar-refractivity contribution in [2.24, 2.45) is 0 Å². The molecule has 0 radical (unpaired) electrons. The van der Waals surface area contributed by atoms with E-state index in [9.17, 15) is 4.79 Å². The van der Waals surface area contributed by atoms with E-state index in [0.29, 0.717) is 5.82 Å². The van der Waals surface area contributed by atoms with E-state index in [2.05, 4.69) is 29.2 Å². The van der Waals surface area contributed by atoms with Crippen molar-refractivity contribution in [3.63, 3.8) is 0 Å². The molecule has 1 N–H and O–H groups in total. The van der Waals surface area contributed by atoms with Crippen molar-refractivity contribution < 1.29 is 4.79 Å². The van der Waals surface area contributed by atoms with E-state index in [1.165, 1.54) is 0 Å². The third-order valence-corrected chi connectivity index (χ3v) is 3.45. The van der Waals surface area contributed by atoms with Crippen LogP contribution in [-0.2, 0) is 11.3 Å². The van der Waals surface area contributed by atoms with Gasteiger partial charge in [-0.2, -0.15) is 5.10 Å². The normalized spacial score (nSPS) is 10.9. The second-order valence-electron chi connectivity index (χ2n) is 5.09. The van der Waals surface area contributed by atoms with Crippen molar-refractivity contribution in [1.82, 2.24) is 20.1 Å². The Morgan fingerprint density at radius 2 is 1.90 bits per heavy atom. The van der Waals surface area contributed by atoms with Crippen LogP contribution in [-0.4, -0.2) is 26.7 Å². The molecule has 21 heavy (non-hydrogen) atoms. The van der Waals surface area contributed by atoms with Gasteiger partial charge < -0.3 is 5.32 Å². The lowest BCUT2D eigenvalue weighted by Crippen LogP contribution is -2.36. The molecule has 0 fully saturated rings. The third-order valence-electron chi connectivity index (χ3n) is 3.45. The van der Waals surface area contributed by atoms with Crippen LogP contribution in [0.4, 0.5) is 0 Å². The maximum absolute atomic E-state index is 12.1.